The number of ether oxygens (including phenoxy) is 1. The first kappa shape index (κ1) is 20.0. The summed E-state index contributed by atoms with van der Waals surface area (Å²) in [5.41, 5.74) is 1.95. The number of carbonyl (C=O) groups excluding carboxylic acids is 1. The second-order valence-corrected chi connectivity index (χ2v) is 8.02. The highest BCUT2D eigenvalue weighted by Crippen LogP contribution is 2.31. The van der Waals surface area contributed by atoms with E-state index in [1.165, 1.54) is 23.7 Å². The first-order valence-corrected chi connectivity index (χ1v) is 10.6. The lowest BCUT2D eigenvalue weighted by Crippen LogP contribution is -2.36. The smallest absolute Gasteiger partial charge is 0.293 e. The van der Waals surface area contributed by atoms with E-state index >= 15 is 0 Å². The Morgan fingerprint density at radius 2 is 2.03 bits per heavy atom. The van der Waals surface area contributed by atoms with Gasteiger partial charge in [-0.1, -0.05) is 23.5 Å². The van der Waals surface area contributed by atoms with E-state index in [0.717, 1.165) is 10.6 Å². The standard InChI is InChI=1S/C20H17N7O4S/c28-18(13-4-5-16(17(11-13)27(29)30)25-6-8-31-9-7-25)22-15-3-1-2-14(10-15)19-24-26-12-21-23-20(26)32-19/h1-5,10-12H,6-9H2,(H,22,28). The molecule has 3 heterocycles. The van der Waals surface area contributed by atoms with Crippen LogP contribution in [0.15, 0.2) is 48.8 Å². The first-order chi connectivity index (χ1) is 15.6. The van der Waals surface area contributed by atoms with E-state index in [1.807, 2.05) is 11.0 Å². The van der Waals surface area contributed by atoms with Crippen molar-refractivity contribution in [2.75, 3.05) is 36.5 Å². The average molecular weight is 451 g/mol. The predicted octanol–water partition coefficient (Wildman–Crippen LogP) is 2.85. The first-order valence-electron chi connectivity index (χ1n) is 9.78. The number of rotatable bonds is 5. The van der Waals surface area contributed by atoms with E-state index in [0.29, 0.717) is 42.6 Å². The SMILES string of the molecule is O=C(Nc1cccc(-c2nn3cnnc3s2)c1)c1ccc(N2CCOCC2)c([N+](=O)[O-])c1. The molecule has 0 bridgehead atoms. The molecule has 1 amide bonds. The van der Waals surface area contributed by atoms with E-state index in [9.17, 15) is 14.9 Å². The second kappa shape index (κ2) is 8.32. The Balaban J connectivity index is 1.38. The zero-order chi connectivity index (χ0) is 22.1. The monoisotopic (exact) mass is 451 g/mol. The number of morpholine rings is 1. The van der Waals surface area contributed by atoms with Crippen molar-refractivity contribution in [3.8, 4) is 10.6 Å². The summed E-state index contributed by atoms with van der Waals surface area (Å²) in [5, 5.41) is 27.4. The van der Waals surface area contributed by atoms with Gasteiger partial charge in [0.15, 0.2) is 0 Å². The summed E-state index contributed by atoms with van der Waals surface area (Å²) in [7, 11) is 0. The maximum Gasteiger partial charge on any atom is 0.293 e. The van der Waals surface area contributed by atoms with Crippen LogP contribution in [-0.2, 0) is 4.74 Å². The van der Waals surface area contributed by atoms with Crippen molar-refractivity contribution in [1.29, 1.82) is 0 Å². The van der Waals surface area contributed by atoms with Crippen molar-refractivity contribution in [3.05, 3.63) is 64.5 Å². The topological polar surface area (TPSA) is 128 Å². The molecule has 162 valence electrons. The van der Waals surface area contributed by atoms with Gasteiger partial charge in [-0.25, -0.2) is 0 Å². The third kappa shape index (κ3) is 3.88. The molecule has 0 radical (unpaired) electrons. The quantitative estimate of drug-likeness (QED) is 0.362. The van der Waals surface area contributed by atoms with Gasteiger partial charge in [0.25, 0.3) is 11.6 Å². The zero-order valence-electron chi connectivity index (χ0n) is 16.7. The molecule has 1 fully saturated rings. The van der Waals surface area contributed by atoms with Crippen LogP contribution in [0.1, 0.15) is 10.4 Å². The van der Waals surface area contributed by atoms with Gasteiger partial charge in [0.1, 0.15) is 17.0 Å². The fourth-order valence-corrected chi connectivity index (χ4v) is 4.31. The lowest BCUT2D eigenvalue weighted by molar-refractivity contribution is -0.384. The highest BCUT2D eigenvalue weighted by molar-refractivity contribution is 7.19. The molecule has 12 heteroatoms. The van der Waals surface area contributed by atoms with Crippen LogP contribution in [0.5, 0.6) is 0 Å². The van der Waals surface area contributed by atoms with Crippen LogP contribution < -0.4 is 10.2 Å². The van der Waals surface area contributed by atoms with Crippen molar-refractivity contribution in [3.63, 3.8) is 0 Å². The molecular formula is C20H17N7O4S. The molecule has 2 aromatic carbocycles. The van der Waals surface area contributed by atoms with Crippen LogP contribution in [0, 0.1) is 10.1 Å². The largest absolute Gasteiger partial charge is 0.378 e. The van der Waals surface area contributed by atoms with Gasteiger partial charge in [-0.15, -0.1) is 10.2 Å². The summed E-state index contributed by atoms with van der Waals surface area (Å²) in [6.07, 6.45) is 1.52. The summed E-state index contributed by atoms with van der Waals surface area (Å²) in [6, 6.07) is 11.7. The number of hydrogen-bond acceptors (Lipinski definition) is 9. The summed E-state index contributed by atoms with van der Waals surface area (Å²) in [5.74, 6) is -0.433. The minimum Gasteiger partial charge on any atom is -0.378 e. The zero-order valence-corrected chi connectivity index (χ0v) is 17.5. The molecule has 5 rings (SSSR count). The number of anilines is 2. The van der Waals surface area contributed by atoms with E-state index in [-0.39, 0.29) is 11.3 Å². The van der Waals surface area contributed by atoms with Gasteiger partial charge in [-0.2, -0.15) is 9.61 Å². The number of fused-ring (bicyclic) bond motifs is 1. The molecule has 2 aromatic heterocycles. The fourth-order valence-electron chi connectivity index (χ4n) is 3.49. The van der Waals surface area contributed by atoms with E-state index in [4.69, 9.17) is 4.74 Å². The number of amides is 1. The number of hydrogen-bond donors (Lipinski definition) is 1. The Morgan fingerprint density at radius 3 is 2.81 bits per heavy atom. The number of nitro groups is 1. The Bertz CT molecular complexity index is 1280. The summed E-state index contributed by atoms with van der Waals surface area (Å²) in [6.45, 7) is 2.15. The Labute approximate surface area is 185 Å². The predicted molar refractivity (Wildman–Crippen MR) is 118 cm³/mol. The molecule has 1 N–H and O–H groups in total. The molecule has 0 spiro atoms. The van der Waals surface area contributed by atoms with Gasteiger partial charge in [-0.3, -0.25) is 14.9 Å². The molecule has 32 heavy (non-hydrogen) atoms. The highest BCUT2D eigenvalue weighted by Gasteiger charge is 2.23. The van der Waals surface area contributed by atoms with Gasteiger partial charge >= 0.3 is 0 Å². The maximum absolute atomic E-state index is 12.8. The van der Waals surface area contributed by atoms with Crippen LogP contribution in [0.4, 0.5) is 17.1 Å². The molecule has 11 nitrogen and oxygen atoms in total. The third-order valence-corrected chi connectivity index (χ3v) is 6.00. The van der Waals surface area contributed by atoms with Crippen LogP contribution in [0.25, 0.3) is 15.5 Å². The van der Waals surface area contributed by atoms with E-state index in [1.54, 1.807) is 34.8 Å². The number of aromatic nitrogens is 4. The minimum atomic E-state index is -0.462. The highest BCUT2D eigenvalue weighted by atomic mass is 32.1. The van der Waals surface area contributed by atoms with Crippen LogP contribution in [0.2, 0.25) is 0 Å². The summed E-state index contributed by atoms with van der Waals surface area (Å²) < 4.78 is 6.90. The molecule has 4 aromatic rings. The van der Waals surface area contributed by atoms with Gasteiger partial charge in [0, 0.05) is 36.0 Å². The fraction of sp³-hybridized carbons (Fsp3) is 0.200. The lowest BCUT2D eigenvalue weighted by Gasteiger charge is -2.28. The summed E-state index contributed by atoms with van der Waals surface area (Å²) in [4.78, 5) is 26.6. The Morgan fingerprint density at radius 1 is 1.19 bits per heavy atom. The number of nitro benzene ring substituents is 1. The number of nitrogens with one attached hydrogen (secondary N) is 1. The molecule has 1 aliphatic heterocycles. The molecule has 1 saturated heterocycles. The van der Waals surface area contributed by atoms with Crippen molar-refractivity contribution in [2.45, 2.75) is 0 Å². The van der Waals surface area contributed by atoms with Crippen molar-refractivity contribution in [2.24, 2.45) is 0 Å². The van der Waals surface area contributed by atoms with Gasteiger partial charge in [0.05, 0.1) is 18.1 Å². The van der Waals surface area contributed by atoms with Crippen LogP contribution >= 0.6 is 11.3 Å². The van der Waals surface area contributed by atoms with Crippen LogP contribution in [0.3, 0.4) is 0 Å². The number of carbonyl (C=O) groups is 1. The lowest BCUT2D eigenvalue weighted by atomic mass is 10.1. The van der Waals surface area contributed by atoms with E-state index in [2.05, 4.69) is 20.6 Å². The number of benzene rings is 2. The third-order valence-electron chi connectivity index (χ3n) is 5.04. The van der Waals surface area contributed by atoms with Gasteiger partial charge in [-0.05, 0) is 24.3 Å². The molecule has 0 aliphatic carbocycles. The Kier molecular flexibility index (Phi) is 5.21. The maximum atomic E-state index is 12.8. The van der Waals surface area contributed by atoms with Crippen molar-refractivity contribution in [1.82, 2.24) is 19.8 Å². The normalized spacial score (nSPS) is 13.9. The molecule has 1 aliphatic rings. The second-order valence-electron chi connectivity index (χ2n) is 7.06. The Hall–Kier alpha value is -3.90. The van der Waals surface area contributed by atoms with E-state index < -0.39 is 10.8 Å². The molecular weight excluding hydrogens is 434 g/mol. The average Bonchev–Trinajstić information content (AvgIpc) is 3.42. The molecule has 0 saturated carbocycles. The minimum absolute atomic E-state index is 0.104. The molecule has 0 atom stereocenters. The van der Waals surface area contributed by atoms with Crippen molar-refractivity contribution < 1.29 is 14.5 Å². The van der Waals surface area contributed by atoms with Gasteiger partial charge < -0.3 is 15.0 Å². The summed E-state index contributed by atoms with van der Waals surface area (Å²) >= 11 is 1.38. The van der Waals surface area contributed by atoms with Gasteiger partial charge in [0.2, 0.25) is 4.96 Å². The van der Waals surface area contributed by atoms with Crippen molar-refractivity contribution >= 4 is 39.3 Å². The number of nitrogens with zero attached hydrogens (tertiary/aromatic N) is 6. The molecule has 0 unspecified atom stereocenters. The van der Waals surface area contributed by atoms with Crippen LogP contribution in [-0.4, -0.2) is 56.9 Å².